The van der Waals surface area contributed by atoms with E-state index in [1.54, 1.807) is 18.2 Å². The number of carboxylic acids is 1. The molecule has 1 aromatic rings. The minimum absolute atomic E-state index is 0.236. The number of alkyl halides is 1. The fraction of sp³-hybridized carbons (Fsp3) is 0.182. The van der Waals surface area contributed by atoms with Gasteiger partial charge in [0.05, 0.1) is 5.56 Å². The summed E-state index contributed by atoms with van der Waals surface area (Å²) in [7, 11) is 0. The SMILES string of the molecule is O=C(O)c1ccc(Br)cc1C#CCCBr. The molecule has 1 aromatic carbocycles. The molecule has 0 aliphatic rings. The van der Waals surface area contributed by atoms with Crippen LogP contribution in [0.4, 0.5) is 0 Å². The van der Waals surface area contributed by atoms with Crippen LogP contribution in [-0.4, -0.2) is 16.4 Å². The highest BCUT2D eigenvalue weighted by Gasteiger charge is 2.07. The molecule has 0 aromatic heterocycles. The second-order valence-corrected chi connectivity index (χ2v) is 4.44. The summed E-state index contributed by atoms with van der Waals surface area (Å²) >= 11 is 6.54. The molecule has 0 amide bonds. The molecular formula is C11H8Br2O2. The highest BCUT2D eigenvalue weighted by molar-refractivity contribution is 9.10. The van der Waals surface area contributed by atoms with Gasteiger partial charge in [-0.1, -0.05) is 43.7 Å². The molecule has 1 N–H and O–H groups in total. The molecule has 0 unspecified atom stereocenters. The smallest absolute Gasteiger partial charge is 0.336 e. The lowest BCUT2D eigenvalue weighted by molar-refractivity contribution is 0.0696. The van der Waals surface area contributed by atoms with E-state index in [2.05, 4.69) is 43.7 Å². The summed E-state index contributed by atoms with van der Waals surface area (Å²) in [5, 5.41) is 9.71. The molecule has 0 aliphatic carbocycles. The zero-order valence-corrected chi connectivity index (χ0v) is 10.9. The zero-order valence-electron chi connectivity index (χ0n) is 7.76. The van der Waals surface area contributed by atoms with Crippen LogP contribution >= 0.6 is 31.9 Å². The number of aromatic carboxylic acids is 1. The Balaban J connectivity index is 3.09. The van der Waals surface area contributed by atoms with Gasteiger partial charge < -0.3 is 5.11 Å². The highest BCUT2D eigenvalue weighted by atomic mass is 79.9. The van der Waals surface area contributed by atoms with Crippen molar-refractivity contribution in [1.82, 2.24) is 0 Å². The van der Waals surface area contributed by atoms with Gasteiger partial charge in [-0.2, -0.15) is 0 Å². The molecule has 0 saturated heterocycles. The first-order valence-electron chi connectivity index (χ1n) is 4.23. The largest absolute Gasteiger partial charge is 0.478 e. The Kier molecular flexibility index (Phi) is 4.86. The van der Waals surface area contributed by atoms with Gasteiger partial charge in [-0.05, 0) is 18.2 Å². The summed E-state index contributed by atoms with van der Waals surface area (Å²) < 4.78 is 0.829. The number of benzene rings is 1. The van der Waals surface area contributed by atoms with E-state index in [4.69, 9.17) is 5.11 Å². The van der Waals surface area contributed by atoms with Crippen molar-refractivity contribution in [2.24, 2.45) is 0 Å². The van der Waals surface area contributed by atoms with Crippen LogP contribution in [0.2, 0.25) is 0 Å². The summed E-state index contributed by atoms with van der Waals surface area (Å²) in [6.07, 6.45) is 0.700. The van der Waals surface area contributed by atoms with Crippen molar-refractivity contribution in [3.05, 3.63) is 33.8 Å². The minimum Gasteiger partial charge on any atom is -0.478 e. The first-order chi connectivity index (χ1) is 7.15. The first-order valence-corrected chi connectivity index (χ1v) is 6.14. The standard InChI is InChI=1S/C11H8Br2O2/c12-6-2-1-3-8-7-9(13)4-5-10(8)11(14)15/h4-5,7H,2,6H2,(H,14,15). The molecule has 78 valence electrons. The van der Waals surface area contributed by atoms with Gasteiger partial charge in [0, 0.05) is 21.8 Å². The number of hydrogen-bond donors (Lipinski definition) is 1. The van der Waals surface area contributed by atoms with Crippen molar-refractivity contribution in [2.75, 3.05) is 5.33 Å². The van der Waals surface area contributed by atoms with E-state index in [1.807, 2.05) is 0 Å². The van der Waals surface area contributed by atoms with Crippen LogP contribution in [0.3, 0.4) is 0 Å². The van der Waals surface area contributed by atoms with Crippen LogP contribution in [0.15, 0.2) is 22.7 Å². The van der Waals surface area contributed by atoms with Crippen LogP contribution in [0.5, 0.6) is 0 Å². The van der Waals surface area contributed by atoms with E-state index < -0.39 is 5.97 Å². The lowest BCUT2D eigenvalue weighted by Gasteiger charge is -1.99. The Morgan fingerprint density at radius 2 is 2.20 bits per heavy atom. The molecule has 0 spiro atoms. The normalized spacial score (nSPS) is 9.20. The third kappa shape index (κ3) is 3.69. The van der Waals surface area contributed by atoms with E-state index in [-0.39, 0.29) is 5.56 Å². The lowest BCUT2D eigenvalue weighted by Crippen LogP contribution is -1.99. The fourth-order valence-electron chi connectivity index (χ4n) is 1.01. The lowest BCUT2D eigenvalue weighted by atomic mass is 10.1. The number of halogens is 2. The third-order valence-electron chi connectivity index (χ3n) is 1.65. The van der Waals surface area contributed by atoms with Gasteiger partial charge in [-0.25, -0.2) is 4.79 Å². The molecule has 0 fully saturated rings. The molecule has 1 rings (SSSR count). The molecule has 0 radical (unpaired) electrons. The summed E-state index contributed by atoms with van der Waals surface area (Å²) in [5.41, 5.74) is 0.776. The molecule has 0 heterocycles. The predicted molar refractivity (Wildman–Crippen MR) is 66.4 cm³/mol. The molecule has 0 bridgehead atoms. The van der Waals surface area contributed by atoms with Crippen molar-refractivity contribution in [3.8, 4) is 11.8 Å². The second-order valence-electron chi connectivity index (χ2n) is 2.74. The Hall–Kier alpha value is -0.790. The minimum atomic E-state index is -0.953. The molecule has 0 atom stereocenters. The molecule has 4 heteroatoms. The quantitative estimate of drug-likeness (QED) is 0.667. The summed E-state index contributed by atoms with van der Waals surface area (Å²) in [6.45, 7) is 0. The number of carbonyl (C=O) groups is 1. The van der Waals surface area contributed by atoms with Crippen molar-refractivity contribution in [3.63, 3.8) is 0 Å². The van der Waals surface area contributed by atoms with E-state index in [1.165, 1.54) is 0 Å². The predicted octanol–water partition coefficient (Wildman–Crippen LogP) is 3.28. The Bertz CT molecular complexity index is 430. The van der Waals surface area contributed by atoms with Gasteiger partial charge in [0.15, 0.2) is 0 Å². The van der Waals surface area contributed by atoms with E-state index >= 15 is 0 Å². The summed E-state index contributed by atoms with van der Waals surface area (Å²) in [5.74, 6) is 4.79. The summed E-state index contributed by atoms with van der Waals surface area (Å²) in [6, 6.07) is 4.95. The molecule has 2 nitrogen and oxygen atoms in total. The molecule has 0 saturated carbocycles. The van der Waals surface area contributed by atoms with Gasteiger partial charge in [0.25, 0.3) is 0 Å². The van der Waals surface area contributed by atoms with Crippen LogP contribution < -0.4 is 0 Å². The van der Waals surface area contributed by atoms with Gasteiger partial charge >= 0.3 is 5.97 Å². The van der Waals surface area contributed by atoms with E-state index in [0.29, 0.717) is 12.0 Å². The molecular weight excluding hydrogens is 324 g/mol. The van der Waals surface area contributed by atoms with Crippen LogP contribution in [0.25, 0.3) is 0 Å². The van der Waals surface area contributed by atoms with Gasteiger partial charge in [-0.3, -0.25) is 0 Å². The van der Waals surface area contributed by atoms with E-state index in [9.17, 15) is 4.79 Å². The average Bonchev–Trinajstić information content (AvgIpc) is 2.18. The van der Waals surface area contributed by atoms with Crippen molar-refractivity contribution >= 4 is 37.8 Å². The second kappa shape index (κ2) is 5.94. The topological polar surface area (TPSA) is 37.3 Å². The highest BCUT2D eigenvalue weighted by Crippen LogP contribution is 2.16. The Morgan fingerprint density at radius 3 is 2.80 bits per heavy atom. The summed E-state index contributed by atoms with van der Waals surface area (Å²) in [4.78, 5) is 10.9. The van der Waals surface area contributed by atoms with Gasteiger partial charge in [0.1, 0.15) is 0 Å². The van der Waals surface area contributed by atoms with Crippen molar-refractivity contribution in [1.29, 1.82) is 0 Å². The maximum Gasteiger partial charge on any atom is 0.336 e. The average molecular weight is 332 g/mol. The molecule has 0 aliphatic heterocycles. The van der Waals surface area contributed by atoms with Crippen LogP contribution in [-0.2, 0) is 0 Å². The van der Waals surface area contributed by atoms with Gasteiger partial charge in [-0.15, -0.1) is 0 Å². The maximum absolute atomic E-state index is 10.9. The third-order valence-corrected chi connectivity index (χ3v) is 2.54. The number of hydrogen-bond acceptors (Lipinski definition) is 1. The van der Waals surface area contributed by atoms with Crippen LogP contribution in [0.1, 0.15) is 22.3 Å². The maximum atomic E-state index is 10.9. The zero-order chi connectivity index (χ0) is 11.3. The first kappa shape index (κ1) is 12.3. The number of rotatable bonds is 2. The Morgan fingerprint density at radius 1 is 1.47 bits per heavy atom. The number of carboxylic acid groups (broad SMARTS) is 1. The van der Waals surface area contributed by atoms with Crippen LogP contribution in [0, 0.1) is 11.8 Å². The molecule has 15 heavy (non-hydrogen) atoms. The fourth-order valence-corrected chi connectivity index (χ4v) is 1.57. The van der Waals surface area contributed by atoms with Crippen molar-refractivity contribution in [2.45, 2.75) is 6.42 Å². The van der Waals surface area contributed by atoms with E-state index in [0.717, 1.165) is 9.80 Å². The van der Waals surface area contributed by atoms with Crippen molar-refractivity contribution < 1.29 is 9.90 Å². The monoisotopic (exact) mass is 330 g/mol. The Labute approximate surface area is 105 Å². The van der Waals surface area contributed by atoms with Gasteiger partial charge in [0.2, 0.25) is 0 Å².